The maximum absolute atomic E-state index is 13.2. The summed E-state index contributed by atoms with van der Waals surface area (Å²) in [6.45, 7) is 1.89. The van der Waals surface area contributed by atoms with E-state index in [0.29, 0.717) is 33.6 Å². The van der Waals surface area contributed by atoms with Crippen LogP contribution in [0.4, 0.5) is 11.4 Å². The van der Waals surface area contributed by atoms with Gasteiger partial charge in [0.1, 0.15) is 0 Å². The van der Waals surface area contributed by atoms with Crippen molar-refractivity contribution in [3.05, 3.63) is 128 Å². The van der Waals surface area contributed by atoms with Gasteiger partial charge in [-0.2, -0.15) is 0 Å². The van der Waals surface area contributed by atoms with Crippen LogP contribution in [0.3, 0.4) is 0 Å². The van der Waals surface area contributed by atoms with Gasteiger partial charge < -0.3 is 10.6 Å². The molecule has 0 aliphatic heterocycles. The molecule has 6 heteroatoms. The minimum atomic E-state index is -0.426. The molecule has 0 aliphatic rings. The van der Waals surface area contributed by atoms with Crippen molar-refractivity contribution in [1.29, 1.82) is 0 Å². The number of amides is 2. The molecular weight excluding hydrogens is 539 g/mol. The average Bonchev–Trinajstić information content (AvgIpc) is 2.85. The summed E-state index contributed by atoms with van der Waals surface area (Å²) < 4.78 is 0.809. The summed E-state index contributed by atoms with van der Waals surface area (Å²) in [6, 6.07) is 28.2. The van der Waals surface area contributed by atoms with Crippen molar-refractivity contribution in [1.82, 2.24) is 0 Å². The van der Waals surface area contributed by atoms with Crippen molar-refractivity contribution in [2.75, 3.05) is 10.6 Å². The molecule has 0 radical (unpaired) electrons. The first kappa shape index (κ1) is 23.4. The van der Waals surface area contributed by atoms with E-state index in [1.54, 1.807) is 72.8 Å². The molecule has 0 aliphatic carbocycles. The van der Waals surface area contributed by atoms with Crippen LogP contribution in [0.15, 0.2) is 97.1 Å². The molecule has 34 heavy (non-hydrogen) atoms. The number of para-hydroxylation sites is 1. The van der Waals surface area contributed by atoms with E-state index >= 15 is 0 Å². The molecule has 5 nitrogen and oxygen atoms in total. The van der Waals surface area contributed by atoms with E-state index in [2.05, 4.69) is 33.2 Å². The summed E-state index contributed by atoms with van der Waals surface area (Å²) in [7, 11) is 0. The van der Waals surface area contributed by atoms with Crippen molar-refractivity contribution in [3.8, 4) is 0 Å². The smallest absolute Gasteiger partial charge is 0.257 e. The fourth-order valence-electron chi connectivity index (χ4n) is 3.51. The third-order valence-electron chi connectivity index (χ3n) is 5.24. The highest BCUT2D eigenvalue weighted by molar-refractivity contribution is 14.1. The van der Waals surface area contributed by atoms with Crippen molar-refractivity contribution in [3.63, 3.8) is 0 Å². The van der Waals surface area contributed by atoms with Crippen molar-refractivity contribution >= 4 is 51.6 Å². The van der Waals surface area contributed by atoms with Gasteiger partial charge in [0.25, 0.3) is 11.8 Å². The molecule has 4 rings (SSSR count). The minimum absolute atomic E-state index is 0.181. The Labute approximate surface area is 211 Å². The molecule has 0 atom stereocenters. The fraction of sp³-hybridized carbons (Fsp3) is 0.0357. The predicted molar refractivity (Wildman–Crippen MR) is 143 cm³/mol. The second kappa shape index (κ2) is 10.4. The molecule has 168 valence electrons. The molecular formula is C28H21IN2O3. The van der Waals surface area contributed by atoms with Crippen LogP contribution in [0.2, 0.25) is 0 Å². The van der Waals surface area contributed by atoms with Crippen molar-refractivity contribution < 1.29 is 14.4 Å². The van der Waals surface area contributed by atoms with Crippen LogP contribution < -0.4 is 10.6 Å². The SMILES string of the molecule is Cc1ccc(NC(=O)c2ccccc2NC(=O)c2ccccc2I)c(C(=O)c2ccccc2)c1. The van der Waals surface area contributed by atoms with Gasteiger partial charge in [0.15, 0.2) is 5.78 Å². The van der Waals surface area contributed by atoms with Crippen LogP contribution in [0, 0.1) is 10.5 Å². The summed E-state index contributed by atoms with van der Waals surface area (Å²) in [6.07, 6.45) is 0. The minimum Gasteiger partial charge on any atom is -0.321 e. The van der Waals surface area contributed by atoms with Crippen LogP contribution in [0.25, 0.3) is 0 Å². The lowest BCUT2D eigenvalue weighted by atomic mass is 9.99. The Morgan fingerprint density at radius 2 is 1.18 bits per heavy atom. The molecule has 0 aromatic heterocycles. The Kier molecular flexibility index (Phi) is 7.18. The molecule has 0 spiro atoms. The average molecular weight is 560 g/mol. The molecule has 2 N–H and O–H groups in total. The highest BCUT2D eigenvalue weighted by Gasteiger charge is 2.19. The van der Waals surface area contributed by atoms with Gasteiger partial charge >= 0.3 is 0 Å². The Hall–Kier alpha value is -3.78. The summed E-state index contributed by atoms with van der Waals surface area (Å²) in [4.78, 5) is 39.2. The normalized spacial score (nSPS) is 10.4. The predicted octanol–water partition coefficient (Wildman–Crippen LogP) is 6.34. The molecule has 4 aromatic carbocycles. The van der Waals surface area contributed by atoms with E-state index in [1.807, 2.05) is 31.2 Å². The van der Waals surface area contributed by atoms with Gasteiger partial charge in [-0.15, -0.1) is 0 Å². The zero-order valence-electron chi connectivity index (χ0n) is 18.3. The standard InChI is InChI=1S/C28H21IN2O3/c1-18-15-16-25(22(17-18)26(32)19-9-3-2-4-10-19)31-28(34)21-12-6-8-14-24(21)30-27(33)20-11-5-7-13-23(20)29/h2-17H,1H3,(H,30,33)(H,31,34). The summed E-state index contributed by atoms with van der Waals surface area (Å²) in [5.74, 6) is -0.912. The Morgan fingerprint density at radius 1 is 0.618 bits per heavy atom. The molecule has 0 saturated heterocycles. The summed E-state index contributed by atoms with van der Waals surface area (Å²) in [5, 5.41) is 5.69. The number of anilines is 2. The van der Waals surface area contributed by atoms with Crippen LogP contribution in [0.1, 0.15) is 42.2 Å². The van der Waals surface area contributed by atoms with Gasteiger partial charge in [-0.05, 0) is 65.9 Å². The highest BCUT2D eigenvalue weighted by Crippen LogP contribution is 2.24. The number of hydrogen-bond acceptors (Lipinski definition) is 3. The molecule has 2 amide bonds. The number of halogens is 1. The second-order valence-corrected chi connectivity index (χ2v) is 8.84. The number of nitrogens with one attached hydrogen (secondary N) is 2. The molecule has 0 fully saturated rings. The fourth-order valence-corrected chi connectivity index (χ4v) is 4.15. The van der Waals surface area contributed by atoms with Crippen LogP contribution in [-0.2, 0) is 0 Å². The summed E-state index contributed by atoms with van der Waals surface area (Å²) in [5.41, 5.74) is 3.44. The summed E-state index contributed by atoms with van der Waals surface area (Å²) >= 11 is 2.10. The zero-order valence-corrected chi connectivity index (χ0v) is 20.5. The number of carbonyl (C=O) groups excluding carboxylic acids is 3. The van der Waals surface area contributed by atoms with Gasteiger partial charge in [-0.1, -0.05) is 66.2 Å². The Bertz CT molecular complexity index is 1380. The number of hydrogen-bond donors (Lipinski definition) is 2. The maximum Gasteiger partial charge on any atom is 0.257 e. The van der Waals surface area contributed by atoms with Gasteiger partial charge in [-0.3, -0.25) is 14.4 Å². The molecule has 0 unspecified atom stereocenters. The Morgan fingerprint density at radius 3 is 1.88 bits per heavy atom. The van der Waals surface area contributed by atoms with E-state index in [9.17, 15) is 14.4 Å². The molecule has 4 aromatic rings. The van der Waals surface area contributed by atoms with E-state index in [0.717, 1.165) is 9.13 Å². The first-order valence-electron chi connectivity index (χ1n) is 10.6. The van der Waals surface area contributed by atoms with Crippen LogP contribution in [0.5, 0.6) is 0 Å². The lowest BCUT2D eigenvalue weighted by Gasteiger charge is -2.14. The topological polar surface area (TPSA) is 75.3 Å². The van der Waals surface area contributed by atoms with E-state index in [-0.39, 0.29) is 11.7 Å². The van der Waals surface area contributed by atoms with Crippen molar-refractivity contribution in [2.24, 2.45) is 0 Å². The van der Waals surface area contributed by atoms with Gasteiger partial charge in [0, 0.05) is 14.7 Å². The van der Waals surface area contributed by atoms with Gasteiger partial charge in [-0.25, -0.2) is 0 Å². The highest BCUT2D eigenvalue weighted by atomic mass is 127. The lowest BCUT2D eigenvalue weighted by molar-refractivity contribution is 0.102. The van der Waals surface area contributed by atoms with Crippen LogP contribution >= 0.6 is 22.6 Å². The number of carbonyl (C=O) groups is 3. The zero-order chi connectivity index (χ0) is 24.1. The quantitative estimate of drug-likeness (QED) is 0.214. The molecule has 0 heterocycles. The third kappa shape index (κ3) is 5.23. The second-order valence-electron chi connectivity index (χ2n) is 7.68. The first-order chi connectivity index (χ1) is 16.4. The molecule has 0 bridgehead atoms. The van der Waals surface area contributed by atoms with E-state index in [4.69, 9.17) is 0 Å². The third-order valence-corrected chi connectivity index (χ3v) is 6.18. The largest absolute Gasteiger partial charge is 0.321 e. The van der Waals surface area contributed by atoms with E-state index < -0.39 is 5.91 Å². The number of benzene rings is 4. The number of aryl methyl sites for hydroxylation is 1. The van der Waals surface area contributed by atoms with Gasteiger partial charge in [0.05, 0.1) is 22.5 Å². The maximum atomic E-state index is 13.2. The van der Waals surface area contributed by atoms with E-state index in [1.165, 1.54) is 0 Å². The molecule has 0 saturated carbocycles. The Balaban J connectivity index is 1.62. The monoisotopic (exact) mass is 560 g/mol. The van der Waals surface area contributed by atoms with Crippen molar-refractivity contribution in [2.45, 2.75) is 6.92 Å². The van der Waals surface area contributed by atoms with Gasteiger partial charge in [0.2, 0.25) is 0 Å². The number of rotatable bonds is 6. The number of ketones is 1. The van der Waals surface area contributed by atoms with Crippen LogP contribution in [-0.4, -0.2) is 17.6 Å². The lowest BCUT2D eigenvalue weighted by Crippen LogP contribution is -2.20. The first-order valence-corrected chi connectivity index (χ1v) is 11.7.